The lowest BCUT2D eigenvalue weighted by atomic mass is 10.2. The van der Waals surface area contributed by atoms with E-state index in [0.29, 0.717) is 0 Å². The second kappa shape index (κ2) is 7.13. The zero-order chi connectivity index (χ0) is 16.0. The third-order valence-corrected chi connectivity index (χ3v) is 2.71. The summed E-state index contributed by atoms with van der Waals surface area (Å²) in [6.07, 6.45) is 5.82. The molecule has 1 rings (SSSR count). The van der Waals surface area contributed by atoms with Crippen LogP contribution in [0.3, 0.4) is 0 Å². The van der Waals surface area contributed by atoms with Gasteiger partial charge in [0.1, 0.15) is 29.0 Å². The molecule has 0 fully saturated rings. The van der Waals surface area contributed by atoms with Crippen LogP contribution < -0.4 is 10.1 Å². The normalized spacial score (nSPS) is 12.1. The Bertz CT molecular complexity index is 551. The highest BCUT2D eigenvalue weighted by Gasteiger charge is 2.19. The van der Waals surface area contributed by atoms with Gasteiger partial charge in [0.2, 0.25) is 11.8 Å². The van der Waals surface area contributed by atoms with Gasteiger partial charge in [0.05, 0.1) is 0 Å². The number of terminal acetylenes is 1. The number of nitrogens with zero attached hydrogens (tertiary/aromatic N) is 2. The van der Waals surface area contributed by atoms with Crippen LogP contribution in [0.15, 0.2) is 10.8 Å². The number of ether oxygens (including phenoxy) is 2. The van der Waals surface area contributed by atoms with E-state index < -0.39 is 17.7 Å². The summed E-state index contributed by atoms with van der Waals surface area (Å²) in [4.78, 5) is 19.0. The monoisotopic (exact) mass is 357 g/mol. The molecule has 21 heavy (non-hydrogen) atoms. The smallest absolute Gasteiger partial charge is 0.408 e. The number of carbonyl (C=O) groups excluding carboxylic acids is 1. The summed E-state index contributed by atoms with van der Waals surface area (Å²) in [7, 11) is 0. The van der Waals surface area contributed by atoms with Crippen LogP contribution in [-0.4, -0.2) is 39.4 Å². The number of carbonyl (C=O) groups is 1. The van der Waals surface area contributed by atoms with Crippen LogP contribution in [0.25, 0.3) is 0 Å². The van der Waals surface area contributed by atoms with Crippen molar-refractivity contribution in [2.24, 2.45) is 0 Å². The molecule has 0 saturated carbocycles. The molecule has 0 aliphatic rings. The zero-order valence-corrected chi connectivity index (χ0v) is 13.5. The lowest BCUT2D eigenvalue weighted by molar-refractivity contribution is 0.0503. The van der Waals surface area contributed by atoms with Gasteiger partial charge < -0.3 is 19.9 Å². The van der Waals surface area contributed by atoms with Gasteiger partial charge in [0.25, 0.3) is 0 Å². The molecule has 1 heterocycles. The van der Waals surface area contributed by atoms with Crippen molar-refractivity contribution >= 4 is 22.0 Å². The molecule has 0 saturated heterocycles. The topological polar surface area (TPSA) is 93.6 Å². The second-order valence-electron chi connectivity index (χ2n) is 4.99. The molecular weight excluding hydrogens is 342 g/mol. The fraction of sp³-hybridized carbons (Fsp3) is 0.462. The van der Waals surface area contributed by atoms with E-state index in [1.807, 2.05) is 0 Å². The Morgan fingerprint density at radius 3 is 2.81 bits per heavy atom. The maximum atomic E-state index is 11.6. The van der Waals surface area contributed by atoms with Gasteiger partial charge in [-0.3, -0.25) is 0 Å². The number of aromatic hydroxyl groups is 1. The van der Waals surface area contributed by atoms with Gasteiger partial charge in [-0.15, -0.1) is 6.42 Å². The average molecular weight is 358 g/mol. The van der Waals surface area contributed by atoms with Crippen molar-refractivity contribution in [3.63, 3.8) is 0 Å². The second-order valence-corrected chi connectivity index (χ2v) is 5.79. The summed E-state index contributed by atoms with van der Waals surface area (Å²) in [5, 5.41) is 11.9. The van der Waals surface area contributed by atoms with Gasteiger partial charge in [-0.1, -0.05) is 5.92 Å². The Kier molecular flexibility index (Phi) is 5.79. The van der Waals surface area contributed by atoms with Crippen molar-refractivity contribution in [3.8, 4) is 24.1 Å². The van der Waals surface area contributed by atoms with Gasteiger partial charge in [-0.2, -0.15) is 0 Å². The summed E-state index contributed by atoms with van der Waals surface area (Å²) >= 11 is 3.08. The predicted octanol–water partition coefficient (Wildman–Crippen LogP) is 1.85. The number of rotatable bonds is 4. The van der Waals surface area contributed by atoms with E-state index in [0.717, 1.165) is 6.33 Å². The molecule has 0 radical (unpaired) electrons. The summed E-state index contributed by atoms with van der Waals surface area (Å²) in [6.45, 7) is 5.20. The van der Waals surface area contributed by atoms with Gasteiger partial charge in [-0.05, 0) is 36.7 Å². The molecule has 7 nitrogen and oxygen atoms in total. The predicted molar refractivity (Wildman–Crippen MR) is 78.9 cm³/mol. The van der Waals surface area contributed by atoms with Crippen molar-refractivity contribution in [2.75, 3.05) is 6.61 Å². The van der Waals surface area contributed by atoms with Crippen LogP contribution in [0.4, 0.5) is 4.79 Å². The maximum Gasteiger partial charge on any atom is 0.408 e. The summed E-state index contributed by atoms with van der Waals surface area (Å²) in [6, 6.07) is -0.705. The molecule has 0 aliphatic heterocycles. The molecule has 0 aliphatic carbocycles. The number of hydrogen-bond donors (Lipinski definition) is 2. The van der Waals surface area contributed by atoms with Crippen LogP contribution in [0, 0.1) is 12.3 Å². The average Bonchev–Trinajstić information content (AvgIpc) is 2.36. The Labute approximate surface area is 131 Å². The van der Waals surface area contributed by atoms with Crippen molar-refractivity contribution in [1.29, 1.82) is 0 Å². The minimum Gasteiger partial charge on any atom is -0.492 e. The quantitative estimate of drug-likeness (QED) is 0.798. The van der Waals surface area contributed by atoms with Gasteiger partial charge in [0, 0.05) is 0 Å². The number of nitrogens with one attached hydrogen (secondary N) is 1. The van der Waals surface area contributed by atoms with Crippen molar-refractivity contribution < 1.29 is 19.4 Å². The van der Waals surface area contributed by atoms with E-state index in [1.54, 1.807) is 20.8 Å². The van der Waals surface area contributed by atoms with Gasteiger partial charge in [-0.25, -0.2) is 14.8 Å². The van der Waals surface area contributed by atoms with Crippen molar-refractivity contribution in [3.05, 3.63) is 10.8 Å². The highest BCUT2D eigenvalue weighted by Crippen LogP contribution is 2.28. The Hall–Kier alpha value is -2.01. The number of aromatic nitrogens is 2. The van der Waals surface area contributed by atoms with Gasteiger partial charge in [0.15, 0.2) is 0 Å². The van der Waals surface area contributed by atoms with Crippen LogP contribution >= 0.6 is 15.9 Å². The molecule has 1 aromatic heterocycles. The third kappa shape index (κ3) is 5.87. The van der Waals surface area contributed by atoms with Crippen LogP contribution in [0.2, 0.25) is 0 Å². The first kappa shape index (κ1) is 17.0. The minimum absolute atomic E-state index is 0.0369. The lowest BCUT2D eigenvalue weighted by Gasteiger charge is -2.21. The van der Waals surface area contributed by atoms with Crippen LogP contribution in [-0.2, 0) is 4.74 Å². The van der Waals surface area contributed by atoms with Crippen LogP contribution in [0.5, 0.6) is 11.8 Å². The summed E-state index contributed by atoms with van der Waals surface area (Å²) < 4.78 is 10.6. The number of alkyl carbamates (subject to hydrolysis) is 1. The molecule has 0 bridgehead atoms. The molecule has 0 aromatic carbocycles. The highest BCUT2D eigenvalue weighted by molar-refractivity contribution is 9.10. The van der Waals surface area contributed by atoms with Crippen LogP contribution in [0.1, 0.15) is 20.8 Å². The van der Waals surface area contributed by atoms with Gasteiger partial charge >= 0.3 is 6.09 Å². The minimum atomic E-state index is -0.705. The zero-order valence-electron chi connectivity index (χ0n) is 11.9. The van der Waals surface area contributed by atoms with E-state index >= 15 is 0 Å². The summed E-state index contributed by atoms with van der Waals surface area (Å²) in [5.41, 5.74) is -0.619. The van der Waals surface area contributed by atoms with E-state index in [-0.39, 0.29) is 22.8 Å². The standard InChI is InChI=1S/C13H16BrN3O4/c1-5-8(17-12(19)21-13(2,3)4)6-20-11-9(14)10(18)15-7-16-11/h1,7-8H,6H2,2-4H3,(H,17,19)(H,15,16,18)/t8-/m1/s1. The fourth-order valence-corrected chi connectivity index (χ4v) is 1.51. The molecule has 0 spiro atoms. The Morgan fingerprint density at radius 2 is 2.24 bits per heavy atom. The van der Waals surface area contributed by atoms with E-state index in [4.69, 9.17) is 15.9 Å². The third-order valence-electron chi connectivity index (χ3n) is 2.02. The van der Waals surface area contributed by atoms with Crippen molar-refractivity contribution in [2.45, 2.75) is 32.4 Å². The largest absolute Gasteiger partial charge is 0.492 e. The molecule has 1 amide bonds. The first-order chi connectivity index (χ1) is 9.73. The number of halogens is 1. The fourth-order valence-electron chi connectivity index (χ4n) is 1.19. The number of hydrogen-bond acceptors (Lipinski definition) is 6. The molecule has 1 aromatic rings. The summed E-state index contributed by atoms with van der Waals surface area (Å²) in [5.74, 6) is 2.23. The maximum absolute atomic E-state index is 11.6. The lowest BCUT2D eigenvalue weighted by Crippen LogP contribution is -2.41. The van der Waals surface area contributed by atoms with Crippen molar-refractivity contribution in [1.82, 2.24) is 15.3 Å². The molecule has 2 N–H and O–H groups in total. The van der Waals surface area contributed by atoms with E-state index in [9.17, 15) is 9.90 Å². The molecule has 114 valence electrons. The first-order valence-corrected chi connectivity index (χ1v) is 6.80. The molecular formula is C13H16BrN3O4. The molecule has 0 unspecified atom stereocenters. The Balaban J connectivity index is 2.58. The first-order valence-electron chi connectivity index (χ1n) is 6.01. The van der Waals surface area contributed by atoms with E-state index in [1.165, 1.54) is 0 Å². The van der Waals surface area contributed by atoms with E-state index in [2.05, 4.69) is 37.1 Å². The molecule has 8 heteroatoms. The molecule has 1 atom stereocenters. The SMILES string of the molecule is C#C[C@H](COc1ncnc(O)c1Br)NC(=O)OC(C)(C)C. The highest BCUT2D eigenvalue weighted by atomic mass is 79.9. The number of amides is 1. The Morgan fingerprint density at radius 1 is 1.57 bits per heavy atom.